The maximum absolute atomic E-state index is 12.2. The first-order valence-corrected chi connectivity index (χ1v) is 7.21. The summed E-state index contributed by atoms with van der Waals surface area (Å²) >= 11 is 0. The largest absolute Gasteiger partial charge is 0.493 e. The number of ether oxygens (including phenoxy) is 4. The third kappa shape index (κ3) is 5.46. The number of halogens is 1. The van der Waals surface area contributed by atoms with Crippen LogP contribution in [-0.4, -0.2) is 59.6 Å². The van der Waals surface area contributed by atoms with Gasteiger partial charge in [-0.2, -0.15) is 0 Å². The van der Waals surface area contributed by atoms with Gasteiger partial charge in [0.25, 0.3) is 5.91 Å². The molecule has 0 unspecified atom stereocenters. The molecule has 0 aromatic heterocycles. The van der Waals surface area contributed by atoms with Gasteiger partial charge < -0.3 is 29.6 Å². The predicted molar refractivity (Wildman–Crippen MR) is 88.3 cm³/mol. The molecule has 1 aromatic rings. The minimum atomic E-state index is -0.177. The van der Waals surface area contributed by atoms with E-state index in [-0.39, 0.29) is 18.3 Å². The molecule has 1 aliphatic heterocycles. The molecule has 0 radical (unpaired) electrons. The normalized spacial score (nSPS) is 12.3. The smallest absolute Gasteiger partial charge is 0.251 e. The molecule has 7 nitrogen and oxygen atoms in total. The van der Waals surface area contributed by atoms with Crippen molar-refractivity contribution in [3.05, 3.63) is 17.7 Å². The number of carbonyl (C=O) groups is 1. The van der Waals surface area contributed by atoms with Gasteiger partial charge in [0.15, 0.2) is 11.5 Å². The van der Waals surface area contributed by atoms with Crippen molar-refractivity contribution in [1.82, 2.24) is 10.6 Å². The van der Waals surface area contributed by atoms with Crippen molar-refractivity contribution in [3.8, 4) is 17.2 Å². The third-order valence-electron chi connectivity index (χ3n) is 3.16. The van der Waals surface area contributed by atoms with Gasteiger partial charge in [-0.1, -0.05) is 0 Å². The SMILES string of the molecule is COCCNCCNC(=O)c1cc(OC)c2c(c1)OCCO2.Cl. The Morgan fingerprint density at radius 1 is 1.17 bits per heavy atom. The molecule has 0 bridgehead atoms. The number of nitrogens with one attached hydrogen (secondary N) is 2. The van der Waals surface area contributed by atoms with Crippen molar-refractivity contribution in [2.24, 2.45) is 0 Å². The number of rotatable bonds is 8. The lowest BCUT2D eigenvalue weighted by Crippen LogP contribution is -2.33. The maximum atomic E-state index is 12.2. The fourth-order valence-corrected chi connectivity index (χ4v) is 2.07. The molecule has 0 saturated heterocycles. The molecular formula is C15H23ClN2O5. The van der Waals surface area contributed by atoms with Gasteiger partial charge in [0.05, 0.1) is 13.7 Å². The van der Waals surface area contributed by atoms with Gasteiger partial charge in [0.2, 0.25) is 5.75 Å². The number of benzene rings is 1. The molecule has 0 fully saturated rings. The van der Waals surface area contributed by atoms with Gasteiger partial charge in [-0.15, -0.1) is 12.4 Å². The summed E-state index contributed by atoms with van der Waals surface area (Å²) in [5.74, 6) is 1.41. The fraction of sp³-hybridized carbons (Fsp3) is 0.533. The molecule has 1 aromatic carbocycles. The van der Waals surface area contributed by atoms with Gasteiger partial charge in [-0.25, -0.2) is 0 Å². The summed E-state index contributed by atoms with van der Waals surface area (Å²) in [6.45, 7) is 3.54. The molecule has 0 saturated carbocycles. The lowest BCUT2D eigenvalue weighted by molar-refractivity contribution is 0.0951. The number of hydrogen-bond acceptors (Lipinski definition) is 6. The summed E-state index contributed by atoms with van der Waals surface area (Å²) in [7, 11) is 3.19. The average Bonchev–Trinajstić information content (AvgIpc) is 2.56. The number of methoxy groups -OCH3 is 2. The highest BCUT2D eigenvalue weighted by Crippen LogP contribution is 2.40. The quantitative estimate of drug-likeness (QED) is 0.680. The first-order chi connectivity index (χ1) is 10.8. The number of carbonyl (C=O) groups excluding carboxylic acids is 1. The highest BCUT2D eigenvalue weighted by Gasteiger charge is 2.20. The van der Waals surface area contributed by atoms with E-state index in [1.807, 2.05) is 0 Å². The van der Waals surface area contributed by atoms with Gasteiger partial charge in [-0.3, -0.25) is 4.79 Å². The van der Waals surface area contributed by atoms with E-state index in [9.17, 15) is 4.79 Å². The molecule has 23 heavy (non-hydrogen) atoms. The monoisotopic (exact) mass is 346 g/mol. The summed E-state index contributed by atoms with van der Waals surface area (Å²) in [6.07, 6.45) is 0. The molecule has 1 amide bonds. The predicted octanol–water partition coefficient (Wildman–Crippen LogP) is 0.854. The third-order valence-corrected chi connectivity index (χ3v) is 3.16. The highest BCUT2D eigenvalue weighted by atomic mass is 35.5. The van der Waals surface area contributed by atoms with E-state index in [2.05, 4.69) is 10.6 Å². The number of fused-ring (bicyclic) bond motifs is 1. The number of amides is 1. The van der Waals surface area contributed by atoms with Crippen molar-refractivity contribution in [2.45, 2.75) is 0 Å². The Bertz CT molecular complexity index is 496. The van der Waals surface area contributed by atoms with Crippen LogP contribution in [0.3, 0.4) is 0 Å². The van der Waals surface area contributed by atoms with Crippen molar-refractivity contribution in [2.75, 3.05) is 53.7 Å². The van der Waals surface area contributed by atoms with E-state index in [1.165, 1.54) is 7.11 Å². The minimum Gasteiger partial charge on any atom is -0.493 e. The molecule has 8 heteroatoms. The van der Waals surface area contributed by atoms with Crippen molar-refractivity contribution >= 4 is 18.3 Å². The van der Waals surface area contributed by atoms with Crippen LogP contribution >= 0.6 is 12.4 Å². The Balaban J connectivity index is 0.00000264. The van der Waals surface area contributed by atoms with Crippen LogP contribution in [0.4, 0.5) is 0 Å². The van der Waals surface area contributed by atoms with Crippen LogP contribution in [0, 0.1) is 0 Å². The molecule has 2 N–H and O–H groups in total. The summed E-state index contributed by atoms with van der Waals surface area (Å²) in [4.78, 5) is 12.2. The van der Waals surface area contributed by atoms with E-state index in [1.54, 1.807) is 19.2 Å². The van der Waals surface area contributed by atoms with Gasteiger partial charge >= 0.3 is 0 Å². The lowest BCUT2D eigenvalue weighted by Gasteiger charge is -2.21. The zero-order valence-corrected chi connectivity index (χ0v) is 14.2. The van der Waals surface area contributed by atoms with Crippen LogP contribution in [0.2, 0.25) is 0 Å². The minimum absolute atomic E-state index is 0. The zero-order chi connectivity index (χ0) is 15.8. The van der Waals surface area contributed by atoms with E-state index in [4.69, 9.17) is 18.9 Å². The van der Waals surface area contributed by atoms with Gasteiger partial charge in [0, 0.05) is 32.3 Å². The molecule has 0 spiro atoms. The zero-order valence-electron chi connectivity index (χ0n) is 13.3. The second-order valence-electron chi connectivity index (χ2n) is 4.70. The summed E-state index contributed by atoms with van der Waals surface area (Å²) in [5.41, 5.74) is 0.484. The fourth-order valence-electron chi connectivity index (χ4n) is 2.07. The summed E-state index contributed by atoms with van der Waals surface area (Å²) in [6, 6.07) is 3.33. The van der Waals surface area contributed by atoms with Crippen LogP contribution in [-0.2, 0) is 4.74 Å². The van der Waals surface area contributed by atoms with Crippen LogP contribution < -0.4 is 24.8 Å². The van der Waals surface area contributed by atoms with E-state index in [0.717, 1.165) is 6.54 Å². The Kier molecular flexibility index (Phi) is 8.53. The van der Waals surface area contributed by atoms with Crippen molar-refractivity contribution < 1.29 is 23.7 Å². The Labute approximate surface area is 142 Å². The first kappa shape index (κ1) is 19.3. The second kappa shape index (κ2) is 10.1. The number of hydrogen-bond donors (Lipinski definition) is 2. The molecule has 130 valence electrons. The van der Waals surface area contributed by atoms with Crippen LogP contribution in [0.5, 0.6) is 17.2 Å². The lowest BCUT2D eigenvalue weighted by atomic mass is 10.1. The average molecular weight is 347 g/mol. The van der Waals surface area contributed by atoms with Gasteiger partial charge in [-0.05, 0) is 12.1 Å². The summed E-state index contributed by atoms with van der Waals surface area (Å²) < 4.78 is 21.2. The van der Waals surface area contributed by atoms with E-state index in [0.29, 0.717) is 55.7 Å². The second-order valence-corrected chi connectivity index (χ2v) is 4.70. The Morgan fingerprint density at radius 2 is 1.96 bits per heavy atom. The Hall–Kier alpha value is -1.70. The van der Waals surface area contributed by atoms with Crippen molar-refractivity contribution in [1.29, 1.82) is 0 Å². The first-order valence-electron chi connectivity index (χ1n) is 7.21. The van der Waals surface area contributed by atoms with Crippen LogP contribution in [0.15, 0.2) is 12.1 Å². The van der Waals surface area contributed by atoms with Gasteiger partial charge in [0.1, 0.15) is 13.2 Å². The highest BCUT2D eigenvalue weighted by molar-refractivity contribution is 5.95. The molecule has 1 aliphatic rings. The standard InChI is InChI=1S/C15H22N2O5.ClH/c1-19-6-5-16-3-4-17-15(18)11-9-12(20-2)14-13(10-11)21-7-8-22-14;/h9-10,16H,3-8H2,1-2H3,(H,17,18);1H. The van der Waals surface area contributed by atoms with Crippen molar-refractivity contribution in [3.63, 3.8) is 0 Å². The van der Waals surface area contributed by atoms with E-state index < -0.39 is 0 Å². The topological polar surface area (TPSA) is 78.1 Å². The van der Waals surface area contributed by atoms with E-state index >= 15 is 0 Å². The van der Waals surface area contributed by atoms with Crippen LogP contribution in [0.1, 0.15) is 10.4 Å². The molecule has 2 rings (SSSR count). The van der Waals surface area contributed by atoms with Crippen LogP contribution in [0.25, 0.3) is 0 Å². The maximum Gasteiger partial charge on any atom is 0.251 e. The molecular weight excluding hydrogens is 324 g/mol. The summed E-state index contributed by atoms with van der Waals surface area (Å²) in [5, 5.41) is 6.00. The molecule has 0 aliphatic carbocycles. The Morgan fingerprint density at radius 3 is 2.70 bits per heavy atom. The molecule has 1 heterocycles. The molecule has 0 atom stereocenters.